The summed E-state index contributed by atoms with van der Waals surface area (Å²) in [5.41, 5.74) is 5.34. The Balaban J connectivity index is 1.12. The van der Waals surface area contributed by atoms with Crippen molar-refractivity contribution in [1.29, 1.82) is 0 Å². The zero-order chi connectivity index (χ0) is 38.7. The fraction of sp³-hybridized carbons (Fsp3) is 0. The molecule has 11 rings (SSSR count). The van der Waals surface area contributed by atoms with Crippen molar-refractivity contribution in [3.05, 3.63) is 158 Å². The Labute approximate surface area is 304 Å². The summed E-state index contributed by atoms with van der Waals surface area (Å²) in [7, 11) is 0. The monoisotopic (exact) mass is 676 g/mol. The molecule has 6 heteroatoms. The third-order valence-electron chi connectivity index (χ3n) is 9.41. The molecular formula is C45H26N4OS. The van der Waals surface area contributed by atoms with Crippen molar-refractivity contribution in [3.8, 4) is 39.9 Å². The molecule has 0 atom stereocenters. The summed E-state index contributed by atoms with van der Waals surface area (Å²) < 4.78 is 62.4. The van der Waals surface area contributed by atoms with E-state index < -0.39 is 0 Å². The van der Waals surface area contributed by atoms with Gasteiger partial charge in [-0.15, -0.1) is 11.3 Å². The number of furan rings is 1. The van der Waals surface area contributed by atoms with E-state index in [-0.39, 0.29) is 47.0 Å². The van der Waals surface area contributed by atoms with Crippen molar-refractivity contribution in [2.45, 2.75) is 0 Å². The molecule has 51 heavy (non-hydrogen) atoms. The smallest absolute Gasteiger partial charge is 0.164 e. The Morgan fingerprint density at radius 1 is 0.490 bits per heavy atom. The van der Waals surface area contributed by atoms with E-state index >= 15 is 0 Å². The van der Waals surface area contributed by atoms with E-state index in [2.05, 4.69) is 6.07 Å². The Kier molecular flexibility index (Phi) is 4.91. The third kappa shape index (κ3) is 4.37. The van der Waals surface area contributed by atoms with Gasteiger partial charge in [-0.3, -0.25) is 0 Å². The van der Waals surface area contributed by atoms with Crippen LogP contribution in [0, 0.1) is 0 Å². The predicted octanol–water partition coefficient (Wildman–Crippen LogP) is 12.2. The number of para-hydroxylation sites is 3. The summed E-state index contributed by atoms with van der Waals surface area (Å²) in [5, 5.41) is 4.33. The van der Waals surface area contributed by atoms with Gasteiger partial charge in [-0.25, -0.2) is 15.0 Å². The van der Waals surface area contributed by atoms with Crippen molar-refractivity contribution in [1.82, 2.24) is 19.5 Å². The van der Waals surface area contributed by atoms with Gasteiger partial charge in [0.1, 0.15) is 11.2 Å². The highest BCUT2D eigenvalue weighted by Crippen LogP contribution is 2.42. The zero-order valence-corrected chi connectivity index (χ0v) is 27.5. The first kappa shape index (κ1) is 22.9. The van der Waals surface area contributed by atoms with Crippen LogP contribution in [-0.2, 0) is 0 Å². The van der Waals surface area contributed by atoms with Crippen LogP contribution in [0.2, 0.25) is 0 Å². The first-order valence-corrected chi connectivity index (χ1v) is 17.3. The quantitative estimate of drug-likeness (QED) is 0.186. The molecule has 0 fully saturated rings. The topological polar surface area (TPSA) is 56.7 Å². The normalized spacial score (nSPS) is 13.6. The highest BCUT2D eigenvalue weighted by atomic mass is 32.1. The number of aromatic nitrogens is 4. The molecule has 5 nitrogen and oxygen atoms in total. The van der Waals surface area contributed by atoms with Crippen LogP contribution >= 0.6 is 11.3 Å². The predicted molar refractivity (Wildman–Crippen MR) is 211 cm³/mol. The van der Waals surface area contributed by atoms with Gasteiger partial charge >= 0.3 is 0 Å². The molecule has 238 valence electrons. The maximum absolute atomic E-state index is 8.98. The van der Waals surface area contributed by atoms with Crippen molar-refractivity contribution >= 4 is 75.3 Å². The van der Waals surface area contributed by atoms with Crippen molar-refractivity contribution in [3.63, 3.8) is 0 Å². The average molecular weight is 677 g/mol. The van der Waals surface area contributed by atoms with Crippen LogP contribution in [0.25, 0.3) is 104 Å². The third-order valence-corrected chi connectivity index (χ3v) is 10.5. The fourth-order valence-electron chi connectivity index (χ4n) is 7.10. The molecule has 11 aromatic rings. The molecule has 0 aliphatic heterocycles. The minimum Gasteiger partial charge on any atom is -0.456 e. The summed E-state index contributed by atoms with van der Waals surface area (Å²) in [6.45, 7) is 0. The van der Waals surface area contributed by atoms with Crippen LogP contribution < -0.4 is 0 Å². The molecule has 0 amide bonds. The molecule has 4 heterocycles. The first-order chi connectivity index (χ1) is 27.7. The summed E-state index contributed by atoms with van der Waals surface area (Å²) in [5.74, 6) is 1.56. The van der Waals surface area contributed by atoms with Crippen LogP contribution in [0.4, 0.5) is 0 Å². The van der Waals surface area contributed by atoms with Gasteiger partial charge in [0.25, 0.3) is 0 Å². The van der Waals surface area contributed by atoms with Crippen LogP contribution in [0.15, 0.2) is 162 Å². The largest absolute Gasteiger partial charge is 0.456 e. The lowest BCUT2D eigenvalue weighted by atomic mass is 10.1. The van der Waals surface area contributed by atoms with E-state index in [1.165, 1.54) is 12.1 Å². The fourth-order valence-corrected chi connectivity index (χ4v) is 8.27. The molecule has 0 aliphatic carbocycles. The Morgan fingerprint density at radius 2 is 1.14 bits per heavy atom. The van der Waals surface area contributed by atoms with E-state index in [0.29, 0.717) is 34.2 Å². The summed E-state index contributed by atoms with van der Waals surface area (Å²) in [6.07, 6.45) is 0. The van der Waals surface area contributed by atoms with Crippen LogP contribution in [-0.4, -0.2) is 19.5 Å². The zero-order valence-electron chi connectivity index (χ0n) is 32.7. The highest BCUT2D eigenvalue weighted by Gasteiger charge is 2.19. The van der Waals surface area contributed by atoms with Crippen LogP contribution in [0.5, 0.6) is 0 Å². The van der Waals surface area contributed by atoms with Gasteiger partial charge in [-0.05, 0) is 48.5 Å². The number of hydrogen-bond donors (Lipinski definition) is 0. The van der Waals surface area contributed by atoms with Crippen molar-refractivity contribution in [2.75, 3.05) is 0 Å². The lowest BCUT2D eigenvalue weighted by Crippen LogP contribution is -2.00. The SMILES string of the molecule is [2H]c1cc([2H])c2c(c1[2H])c1c([2H])c([2H])cc([2H])c1n2-c1cccc2sc3cc(-c4nc(-c5ccccc5)nc(-c5ccc6c(c5)oc5ccccc56)n4)ccc3c12. The van der Waals surface area contributed by atoms with E-state index in [1.54, 1.807) is 15.9 Å². The summed E-state index contributed by atoms with van der Waals surface area (Å²) >= 11 is 1.59. The van der Waals surface area contributed by atoms with Gasteiger partial charge in [0, 0.05) is 58.4 Å². The molecule has 0 saturated heterocycles. The summed E-state index contributed by atoms with van der Waals surface area (Å²) in [4.78, 5) is 14.9. The molecule has 0 saturated carbocycles. The van der Waals surface area contributed by atoms with Crippen molar-refractivity contribution < 1.29 is 12.6 Å². The van der Waals surface area contributed by atoms with Gasteiger partial charge in [0.15, 0.2) is 17.5 Å². The second-order valence-corrected chi connectivity index (χ2v) is 13.4. The number of nitrogens with zero attached hydrogens (tertiary/aromatic N) is 4. The molecule has 4 aromatic heterocycles. The number of thiophene rings is 1. The maximum atomic E-state index is 8.98. The number of benzene rings is 7. The van der Waals surface area contributed by atoms with Gasteiger partial charge in [-0.2, -0.15) is 0 Å². The van der Waals surface area contributed by atoms with E-state index in [1.807, 2.05) is 103 Å². The number of rotatable bonds is 4. The minimum atomic E-state index is -0.147. The van der Waals surface area contributed by atoms with Crippen LogP contribution in [0.3, 0.4) is 0 Å². The Morgan fingerprint density at radius 3 is 1.90 bits per heavy atom. The lowest BCUT2D eigenvalue weighted by molar-refractivity contribution is 0.669. The maximum Gasteiger partial charge on any atom is 0.164 e. The van der Waals surface area contributed by atoms with Gasteiger partial charge in [0.2, 0.25) is 0 Å². The van der Waals surface area contributed by atoms with Crippen molar-refractivity contribution in [2.24, 2.45) is 0 Å². The number of hydrogen-bond acceptors (Lipinski definition) is 5. The molecule has 0 aliphatic rings. The lowest BCUT2D eigenvalue weighted by Gasteiger charge is -2.10. The first-order valence-electron chi connectivity index (χ1n) is 19.4. The molecule has 0 unspecified atom stereocenters. The van der Waals surface area contributed by atoms with Crippen LogP contribution in [0.1, 0.15) is 8.22 Å². The molecular weight excluding hydrogens is 645 g/mol. The molecule has 0 spiro atoms. The Hall–Kier alpha value is -6.63. The standard InChI is InChI=1S/C45H26N4OS/c1-2-11-27(12-3-1)43-46-44(28-21-23-33-32-15-6-9-19-38(32)50-39(33)25-28)48-45(47-43)29-22-24-34-41(26-29)51-40-20-10-18-37(42(34)40)49-35-16-7-4-13-30(35)31-14-5-8-17-36(31)49/h1-26H/i4D,5D,13D,14D,16D,17D. The molecule has 0 radical (unpaired) electrons. The van der Waals surface area contributed by atoms with Gasteiger partial charge in [-0.1, -0.05) is 109 Å². The average Bonchev–Trinajstić information content (AvgIpc) is 3.92. The van der Waals surface area contributed by atoms with Gasteiger partial charge in [0.05, 0.1) is 24.9 Å². The summed E-state index contributed by atoms with van der Waals surface area (Å²) in [6, 6.07) is 37.9. The van der Waals surface area contributed by atoms with E-state index in [4.69, 9.17) is 27.6 Å². The van der Waals surface area contributed by atoms with E-state index in [9.17, 15) is 0 Å². The molecule has 7 aromatic carbocycles. The second-order valence-electron chi connectivity index (χ2n) is 12.3. The highest BCUT2D eigenvalue weighted by molar-refractivity contribution is 7.26. The molecule has 0 N–H and O–H groups in total. The van der Waals surface area contributed by atoms with Gasteiger partial charge < -0.3 is 8.98 Å². The Bertz CT molecular complexity index is 3430. The second kappa shape index (κ2) is 10.9. The molecule has 0 bridgehead atoms. The minimum absolute atomic E-state index is 0.00527. The van der Waals surface area contributed by atoms with E-state index in [0.717, 1.165) is 58.8 Å². The number of fused-ring (bicyclic) bond motifs is 9.